The van der Waals surface area contributed by atoms with Gasteiger partial charge in [-0.05, 0) is 17.2 Å². The number of nitrogens with one attached hydrogen (secondary N) is 1. The molecule has 0 saturated carbocycles. The third kappa shape index (κ3) is 3.66. The summed E-state index contributed by atoms with van der Waals surface area (Å²) in [5.74, 6) is 4.52. The fourth-order valence-corrected chi connectivity index (χ4v) is 3.01. The van der Waals surface area contributed by atoms with E-state index < -0.39 is 17.6 Å². The van der Waals surface area contributed by atoms with Gasteiger partial charge < -0.3 is 9.72 Å². The quantitative estimate of drug-likeness (QED) is 0.483. The highest BCUT2D eigenvalue weighted by atomic mass is 16.5. The number of aromatic nitrogens is 1. The summed E-state index contributed by atoms with van der Waals surface area (Å²) in [6.45, 7) is 2.16. The van der Waals surface area contributed by atoms with Gasteiger partial charge in [-0.15, -0.1) is 0 Å². The third-order valence-corrected chi connectivity index (χ3v) is 4.36. The largest absolute Gasteiger partial charge is 0.451 e. The number of carbonyl (C=O) groups excluding carboxylic acids is 2. The lowest BCUT2D eigenvalue weighted by Gasteiger charge is -2.28. The van der Waals surface area contributed by atoms with Crippen molar-refractivity contribution >= 4 is 12.0 Å². The van der Waals surface area contributed by atoms with Crippen LogP contribution in [0.15, 0.2) is 41.2 Å². The van der Waals surface area contributed by atoms with Crippen molar-refractivity contribution in [1.82, 2.24) is 14.9 Å². The molecule has 1 aliphatic rings. The van der Waals surface area contributed by atoms with Crippen molar-refractivity contribution in [2.75, 3.05) is 13.7 Å². The van der Waals surface area contributed by atoms with Crippen LogP contribution in [0, 0.1) is 0 Å². The summed E-state index contributed by atoms with van der Waals surface area (Å²) in [6, 6.07) is 11.6. The Morgan fingerprint density at radius 3 is 2.73 bits per heavy atom. The molecule has 136 valence electrons. The number of nitrogens with zero attached hydrogens (tertiary/aromatic N) is 2. The molecular formula is C18H20N4O4. The van der Waals surface area contributed by atoms with E-state index >= 15 is 0 Å². The van der Waals surface area contributed by atoms with E-state index in [1.807, 2.05) is 18.2 Å². The molecule has 2 heterocycles. The first-order valence-corrected chi connectivity index (χ1v) is 8.18. The molecule has 3 N–H and O–H groups in total. The number of methoxy groups -OCH3 is 1. The van der Waals surface area contributed by atoms with Crippen LogP contribution in [0.5, 0.6) is 0 Å². The van der Waals surface area contributed by atoms with Crippen LogP contribution in [0.4, 0.5) is 4.79 Å². The number of amides is 2. The average Bonchev–Trinajstić information content (AvgIpc) is 2.66. The molecule has 0 spiro atoms. The topological polar surface area (TPSA) is 109 Å². The zero-order valence-electron chi connectivity index (χ0n) is 14.4. The van der Waals surface area contributed by atoms with Crippen molar-refractivity contribution in [3.8, 4) is 0 Å². The van der Waals surface area contributed by atoms with E-state index in [1.165, 1.54) is 11.6 Å². The summed E-state index contributed by atoms with van der Waals surface area (Å²) in [7, 11) is 1.11. The summed E-state index contributed by atoms with van der Waals surface area (Å²) in [6.07, 6.45) is -0.354. The Balaban J connectivity index is 1.82. The van der Waals surface area contributed by atoms with Gasteiger partial charge in [-0.25, -0.2) is 10.6 Å². The lowest BCUT2D eigenvalue weighted by Crippen LogP contribution is -2.45. The molecule has 8 nitrogen and oxygen atoms in total. The van der Waals surface area contributed by atoms with Crippen LogP contribution < -0.4 is 11.4 Å². The zero-order chi connectivity index (χ0) is 18.7. The molecule has 0 saturated heterocycles. The maximum atomic E-state index is 12.3. The summed E-state index contributed by atoms with van der Waals surface area (Å²) in [5, 5.41) is 0.293. The minimum Gasteiger partial charge on any atom is -0.451 e. The Hall–Kier alpha value is -2.97. The SMILES string of the molecule is COC(=O)N(N)C(=O)c1cc2c([nH]c1=O)CCN(Cc1ccccc1)C2. The van der Waals surface area contributed by atoms with Gasteiger partial charge in [-0.3, -0.25) is 14.5 Å². The van der Waals surface area contributed by atoms with E-state index in [-0.39, 0.29) is 5.56 Å². The van der Waals surface area contributed by atoms with E-state index in [0.29, 0.717) is 18.0 Å². The number of hydrazine groups is 1. The average molecular weight is 356 g/mol. The monoisotopic (exact) mass is 356 g/mol. The maximum absolute atomic E-state index is 12.3. The van der Waals surface area contributed by atoms with Crippen molar-refractivity contribution < 1.29 is 14.3 Å². The first-order valence-electron chi connectivity index (χ1n) is 8.18. The van der Waals surface area contributed by atoms with E-state index in [9.17, 15) is 14.4 Å². The number of aromatic amines is 1. The Kier molecular flexibility index (Phi) is 5.15. The molecule has 3 rings (SSSR count). The Labute approximate surface area is 150 Å². The Morgan fingerprint density at radius 2 is 2.04 bits per heavy atom. The number of benzene rings is 1. The third-order valence-electron chi connectivity index (χ3n) is 4.36. The van der Waals surface area contributed by atoms with Gasteiger partial charge in [0.25, 0.3) is 11.5 Å². The van der Waals surface area contributed by atoms with Gasteiger partial charge >= 0.3 is 6.09 Å². The zero-order valence-corrected chi connectivity index (χ0v) is 14.4. The maximum Gasteiger partial charge on any atom is 0.431 e. The number of H-pyrrole nitrogens is 1. The number of fused-ring (bicyclic) bond motifs is 1. The van der Waals surface area contributed by atoms with Crippen LogP contribution in [0.3, 0.4) is 0 Å². The Bertz CT molecular complexity index is 879. The molecule has 0 unspecified atom stereocenters. The fourth-order valence-electron chi connectivity index (χ4n) is 3.01. The van der Waals surface area contributed by atoms with Gasteiger partial charge in [0.1, 0.15) is 5.56 Å². The minimum atomic E-state index is -1.03. The minimum absolute atomic E-state index is 0.182. The van der Waals surface area contributed by atoms with E-state index in [1.54, 1.807) is 0 Å². The molecule has 0 fully saturated rings. The van der Waals surface area contributed by atoms with Crippen LogP contribution in [0.1, 0.15) is 27.2 Å². The van der Waals surface area contributed by atoms with Crippen LogP contribution in [0.25, 0.3) is 0 Å². The molecule has 1 aromatic carbocycles. The lowest BCUT2D eigenvalue weighted by atomic mass is 10.0. The number of pyridine rings is 1. The fraction of sp³-hybridized carbons (Fsp3) is 0.278. The van der Waals surface area contributed by atoms with Crippen molar-refractivity contribution in [3.05, 3.63) is 69.1 Å². The predicted octanol–water partition coefficient (Wildman–Crippen LogP) is 1.02. The molecule has 26 heavy (non-hydrogen) atoms. The standard InChI is InChI=1S/C18H20N4O4/c1-26-18(25)22(19)17(24)14-9-13-11-21(8-7-15(13)20-16(14)23)10-12-5-3-2-4-6-12/h2-6,9H,7-8,10-11,19H2,1H3,(H,20,23). The summed E-state index contributed by atoms with van der Waals surface area (Å²) >= 11 is 0. The highest BCUT2D eigenvalue weighted by molar-refractivity contribution is 6.02. The highest BCUT2D eigenvalue weighted by Crippen LogP contribution is 2.19. The molecule has 2 amide bonds. The molecule has 0 bridgehead atoms. The number of imide groups is 1. The normalized spacial score (nSPS) is 13.8. The second-order valence-electron chi connectivity index (χ2n) is 6.11. The van der Waals surface area contributed by atoms with Crippen LogP contribution in [-0.2, 0) is 24.2 Å². The molecule has 1 aromatic heterocycles. The van der Waals surface area contributed by atoms with E-state index in [4.69, 9.17) is 5.84 Å². The van der Waals surface area contributed by atoms with Crippen molar-refractivity contribution in [2.24, 2.45) is 5.84 Å². The molecule has 8 heteroatoms. The number of carbonyl (C=O) groups is 2. The van der Waals surface area contributed by atoms with Crippen LogP contribution in [-0.4, -0.2) is 40.5 Å². The molecular weight excluding hydrogens is 336 g/mol. The number of hydrogen-bond acceptors (Lipinski definition) is 6. The van der Waals surface area contributed by atoms with E-state index in [0.717, 1.165) is 31.5 Å². The van der Waals surface area contributed by atoms with Crippen LogP contribution >= 0.6 is 0 Å². The van der Waals surface area contributed by atoms with Gasteiger partial charge in [0.05, 0.1) is 7.11 Å². The van der Waals surface area contributed by atoms with Crippen molar-refractivity contribution in [2.45, 2.75) is 19.5 Å². The summed E-state index contributed by atoms with van der Waals surface area (Å²) < 4.78 is 4.41. The molecule has 2 aromatic rings. The van der Waals surface area contributed by atoms with Crippen molar-refractivity contribution in [3.63, 3.8) is 0 Å². The lowest BCUT2D eigenvalue weighted by molar-refractivity contribution is 0.0704. The van der Waals surface area contributed by atoms with Gasteiger partial charge in [-0.1, -0.05) is 30.3 Å². The molecule has 0 radical (unpaired) electrons. The predicted molar refractivity (Wildman–Crippen MR) is 94.1 cm³/mol. The van der Waals surface area contributed by atoms with Crippen LogP contribution in [0.2, 0.25) is 0 Å². The molecule has 0 aliphatic carbocycles. The first kappa shape index (κ1) is 17.8. The van der Waals surface area contributed by atoms with E-state index in [2.05, 4.69) is 26.8 Å². The second-order valence-corrected chi connectivity index (χ2v) is 6.11. The molecule has 0 atom stereocenters. The second kappa shape index (κ2) is 7.51. The number of hydrogen-bond donors (Lipinski definition) is 2. The number of rotatable bonds is 3. The summed E-state index contributed by atoms with van der Waals surface area (Å²) in [4.78, 5) is 40.9. The Morgan fingerprint density at radius 1 is 1.31 bits per heavy atom. The van der Waals surface area contributed by atoms with Gasteiger partial charge in [-0.2, -0.15) is 5.01 Å². The number of ether oxygens (including phenoxy) is 1. The van der Waals surface area contributed by atoms with Gasteiger partial charge in [0.15, 0.2) is 0 Å². The van der Waals surface area contributed by atoms with Gasteiger partial charge in [0, 0.05) is 31.7 Å². The van der Waals surface area contributed by atoms with Crippen molar-refractivity contribution in [1.29, 1.82) is 0 Å². The summed E-state index contributed by atoms with van der Waals surface area (Å²) in [5.41, 5.74) is 2.09. The highest BCUT2D eigenvalue weighted by Gasteiger charge is 2.26. The molecule has 1 aliphatic heterocycles. The first-order chi connectivity index (χ1) is 12.5. The number of nitrogens with two attached hydrogens (primary N) is 1. The van der Waals surface area contributed by atoms with Gasteiger partial charge in [0.2, 0.25) is 0 Å². The smallest absolute Gasteiger partial charge is 0.431 e.